The molecule has 1 aromatic rings. The number of hydrogen-bond donors (Lipinski definition) is 1. The highest BCUT2D eigenvalue weighted by molar-refractivity contribution is 5.76. The highest BCUT2D eigenvalue weighted by Gasteiger charge is 2.26. The molecule has 1 aromatic heterocycles. The van der Waals surface area contributed by atoms with Gasteiger partial charge in [-0.1, -0.05) is 12.1 Å². The molecule has 2 rings (SSSR count). The third-order valence-electron chi connectivity index (χ3n) is 3.52. The molecule has 2 unspecified atom stereocenters. The van der Waals surface area contributed by atoms with Crippen molar-refractivity contribution in [3.63, 3.8) is 0 Å². The standard InChI is InChI=1S/C12H20N4O2/c1-10-4-7-15(9-11(10)17)12(18)3-2-6-16-8-5-13-14-16/h5,8,10-11,17H,2-4,6-7,9H2,1H3. The lowest BCUT2D eigenvalue weighted by Crippen LogP contribution is -2.45. The number of hydrogen-bond acceptors (Lipinski definition) is 4. The van der Waals surface area contributed by atoms with Crippen LogP contribution in [0.5, 0.6) is 0 Å². The van der Waals surface area contributed by atoms with Gasteiger partial charge in [0.2, 0.25) is 5.91 Å². The Morgan fingerprint density at radius 2 is 2.39 bits per heavy atom. The van der Waals surface area contributed by atoms with E-state index in [-0.39, 0.29) is 12.0 Å². The zero-order chi connectivity index (χ0) is 13.0. The first kappa shape index (κ1) is 13.0. The van der Waals surface area contributed by atoms with E-state index in [1.54, 1.807) is 22.0 Å². The predicted molar refractivity (Wildman–Crippen MR) is 65.6 cm³/mol. The van der Waals surface area contributed by atoms with Crippen LogP contribution in [0.15, 0.2) is 12.4 Å². The summed E-state index contributed by atoms with van der Waals surface area (Å²) < 4.78 is 1.72. The largest absolute Gasteiger partial charge is 0.391 e. The Balaban J connectivity index is 1.71. The van der Waals surface area contributed by atoms with Gasteiger partial charge in [0, 0.05) is 32.3 Å². The van der Waals surface area contributed by atoms with E-state index in [2.05, 4.69) is 10.3 Å². The van der Waals surface area contributed by atoms with Crippen LogP contribution in [0.25, 0.3) is 0 Å². The molecular formula is C12H20N4O2. The molecule has 1 aliphatic rings. The number of carbonyl (C=O) groups is 1. The third kappa shape index (κ3) is 3.29. The monoisotopic (exact) mass is 252 g/mol. The molecule has 100 valence electrons. The van der Waals surface area contributed by atoms with Gasteiger partial charge in [0.1, 0.15) is 0 Å². The molecule has 0 aromatic carbocycles. The second-order valence-corrected chi connectivity index (χ2v) is 4.94. The molecule has 6 nitrogen and oxygen atoms in total. The van der Waals surface area contributed by atoms with Crippen LogP contribution in [-0.2, 0) is 11.3 Å². The van der Waals surface area contributed by atoms with Crippen LogP contribution < -0.4 is 0 Å². The SMILES string of the molecule is CC1CCN(C(=O)CCCn2ccnn2)CC1O. The quantitative estimate of drug-likeness (QED) is 0.836. The van der Waals surface area contributed by atoms with Crippen molar-refractivity contribution in [3.8, 4) is 0 Å². The van der Waals surface area contributed by atoms with E-state index in [4.69, 9.17) is 0 Å². The zero-order valence-corrected chi connectivity index (χ0v) is 10.7. The molecule has 6 heteroatoms. The van der Waals surface area contributed by atoms with Gasteiger partial charge in [-0.3, -0.25) is 9.48 Å². The lowest BCUT2D eigenvalue weighted by Gasteiger charge is -2.34. The number of likely N-dealkylation sites (tertiary alicyclic amines) is 1. The summed E-state index contributed by atoms with van der Waals surface area (Å²) in [7, 11) is 0. The Kier molecular flexibility index (Phi) is 4.30. The van der Waals surface area contributed by atoms with Crippen molar-refractivity contribution in [2.45, 2.75) is 38.8 Å². The maximum absolute atomic E-state index is 11.9. The Morgan fingerprint density at radius 1 is 1.56 bits per heavy atom. The van der Waals surface area contributed by atoms with Crippen molar-refractivity contribution < 1.29 is 9.90 Å². The number of rotatable bonds is 4. The van der Waals surface area contributed by atoms with Gasteiger partial charge in [-0.05, 0) is 18.8 Å². The fraction of sp³-hybridized carbons (Fsp3) is 0.750. The number of aromatic nitrogens is 3. The van der Waals surface area contributed by atoms with Crippen LogP contribution in [0.2, 0.25) is 0 Å². The van der Waals surface area contributed by atoms with Crippen molar-refractivity contribution >= 4 is 5.91 Å². The molecule has 1 saturated heterocycles. The minimum Gasteiger partial charge on any atom is -0.391 e. The highest BCUT2D eigenvalue weighted by Crippen LogP contribution is 2.17. The average molecular weight is 252 g/mol. The minimum atomic E-state index is -0.377. The number of nitrogens with zero attached hydrogens (tertiary/aromatic N) is 4. The Morgan fingerprint density at radius 3 is 3.06 bits per heavy atom. The first-order valence-electron chi connectivity index (χ1n) is 6.47. The van der Waals surface area contributed by atoms with Crippen molar-refractivity contribution in [3.05, 3.63) is 12.4 Å². The maximum Gasteiger partial charge on any atom is 0.222 e. The van der Waals surface area contributed by atoms with Crippen molar-refractivity contribution in [2.24, 2.45) is 5.92 Å². The van der Waals surface area contributed by atoms with Gasteiger partial charge in [0.15, 0.2) is 0 Å². The normalized spacial score (nSPS) is 24.2. The molecule has 0 saturated carbocycles. The number of piperidine rings is 1. The number of amides is 1. The summed E-state index contributed by atoms with van der Waals surface area (Å²) in [5.41, 5.74) is 0. The molecule has 0 bridgehead atoms. The summed E-state index contributed by atoms with van der Waals surface area (Å²) in [5, 5.41) is 17.3. The van der Waals surface area contributed by atoms with E-state index >= 15 is 0 Å². The zero-order valence-electron chi connectivity index (χ0n) is 10.7. The van der Waals surface area contributed by atoms with Crippen LogP contribution in [0.3, 0.4) is 0 Å². The second-order valence-electron chi connectivity index (χ2n) is 4.94. The number of carbonyl (C=O) groups excluding carboxylic acids is 1. The fourth-order valence-corrected chi connectivity index (χ4v) is 2.18. The van der Waals surface area contributed by atoms with Crippen molar-refractivity contribution in [1.29, 1.82) is 0 Å². The molecule has 2 heterocycles. The number of aryl methyl sites for hydroxylation is 1. The second kappa shape index (κ2) is 5.95. The smallest absolute Gasteiger partial charge is 0.222 e. The van der Waals surface area contributed by atoms with E-state index < -0.39 is 0 Å². The van der Waals surface area contributed by atoms with Crippen LogP contribution in [-0.4, -0.2) is 50.1 Å². The molecule has 18 heavy (non-hydrogen) atoms. The van der Waals surface area contributed by atoms with Gasteiger partial charge in [0.05, 0.1) is 12.3 Å². The summed E-state index contributed by atoms with van der Waals surface area (Å²) in [4.78, 5) is 13.7. The van der Waals surface area contributed by atoms with E-state index in [1.807, 2.05) is 6.92 Å². The first-order valence-corrected chi connectivity index (χ1v) is 6.47. The predicted octanol–water partition coefficient (Wildman–Crippen LogP) is 0.288. The molecular weight excluding hydrogens is 232 g/mol. The van der Waals surface area contributed by atoms with Gasteiger partial charge < -0.3 is 10.0 Å². The van der Waals surface area contributed by atoms with E-state index in [1.165, 1.54) is 0 Å². The molecule has 1 fully saturated rings. The Labute approximate surface area is 107 Å². The fourth-order valence-electron chi connectivity index (χ4n) is 2.18. The molecule has 0 aliphatic carbocycles. The minimum absolute atomic E-state index is 0.126. The van der Waals surface area contributed by atoms with Crippen LogP contribution in [0.4, 0.5) is 0 Å². The lowest BCUT2D eigenvalue weighted by atomic mass is 9.96. The van der Waals surface area contributed by atoms with Crippen LogP contribution >= 0.6 is 0 Å². The topological polar surface area (TPSA) is 71.2 Å². The maximum atomic E-state index is 11.9. The van der Waals surface area contributed by atoms with Gasteiger partial charge >= 0.3 is 0 Å². The summed E-state index contributed by atoms with van der Waals surface area (Å²) >= 11 is 0. The van der Waals surface area contributed by atoms with Crippen molar-refractivity contribution in [2.75, 3.05) is 13.1 Å². The summed E-state index contributed by atoms with van der Waals surface area (Å²) in [6.45, 7) is 3.97. The van der Waals surface area contributed by atoms with Crippen molar-refractivity contribution in [1.82, 2.24) is 19.9 Å². The van der Waals surface area contributed by atoms with Crippen LogP contribution in [0, 0.1) is 5.92 Å². The van der Waals surface area contributed by atoms with Gasteiger partial charge in [-0.15, -0.1) is 5.10 Å². The number of aliphatic hydroxyl groups excluding tert-OH is 1. The van der Waals surface area contributed by atoms with E-state index in [0.29, 0.717) is 25.4 Å². The molecule has 1 N–H and O–H groups in total. The van der Waals surface area contributed by atoms with E-state index in [0.717, 1.165) is 19.4 Å². The molecule has 1 amide bonds. The van der Waals surface area contributed by atoms with Crippen LogP contribution in [0.1, 0.15) is 26.2 Å². The van der Waals surface area contributed by atoms with Gasteiger partial charge in [-0.2, -0.15) is 0 Å². The Bertz CT molecular complexity index is 379. The number of β-amino-alcohol motifs (C(OH)–C–C–N with tert-alkyl or cyclic N) is 1. The lowest BCUT2D eigenvalue weighted by molar-refractivity contribution is -0.135. The summed E-state index contributed by atoms with van der Waals surface area (Å²) in [5.74, 6) is 0.422. The highest BCUT2D eigenvalue weighted by atomic mass is 16.3. The average Bonchev–Trinajstić information content (AvgIpc) is 2.85. The first-order chi connectivity index (χ1) is 8.66. The van der Waals surface area contributed by atoms with E-state index in [9.17, 15) is 9.90 Å². The number of aliphatic hydroxyl groups is 1. The van der Waals surface area contributed by atoms with Gasteiger partial charge in [0.25, 0.3) is 0 Å². The molecule has 0 spiro atoms. The molecule has 2 atom stereocenters. The molecule has 1 aliphatic heterocycles. The Hall–Kier alpha value is -1.43. The molecule has 0 radical (unpaired) electrons. The third-order valence-corrected chi connectivity index (χ3v) is 3.52. The van der Waals surface area contributed by atoms with Gasteiger partial charge in [-0.25, -0.2) is 0 Å². The summed E-state index contributed by atoms with van der Waals surface area (Å²) in [6, 6.07) is 0. The summed E-state index contributed by atoms with van der Waals surface area (Å²) in [6.07, 6.45) is 5.18.